The summed E-state index contributed by atoms with van der Waals surface area (Å²) in [4.78, 5) is 4.11. The fourth-order valence-corrected chi connectivity index (χ4v) is 2.25. The molecular weight excluding hydrogens is 253 g/mol. The van der Waals surface area contributed by atoms with Gasteiger partial charge in [-0.15, -0.1) is 11.3 Å². The Bertz CT molecular complexity index is 414. The second kappa shape index (κ2) is 3.55. The van der Waals surface area contributed by atoms with Gasteiger partial charge in [0.05, 0.1) is 0 Å². The van der Waals surface area contributed by atoms with E-state index in [0.29, 0.717) is 0 Å². The number of rotatable bonds is 1. The van der Waals surface area contributed by atoms with Gasteiger partial charge in [-0.1, -0.05) is 15.9 Å². The zero-order valence-electron chi connectivity index (χ0n) is 6.50. The number of thiazole rings is 1. The molecule has 0 N–H and O–H groups in total. The maximum Gasteiger partial charge on any atom is 0.124 e. The minimum absolute atomic E-state index is 0.242. The predicted molar refractivity (Wildman–Crippen MR) is 55.2 cm³/mol. The number of hydrogen-bond donors (Lipinski definition) is 0. The molecule has 2 aromatic rings. The Kier molecular flexibility index (Phi) is 2.42. The van der Waals surface area contributed by atoms with Gasteiger partial charge in [0.1, 0.15) is 10.8 Å². The van der Waals surface area contributed by atoms with Gasteiger partial charge in [0.15, 0.2) is 0 Å². The van der Waals surface area contributed by atoms with Crippen molar-refractivity contribution in [3.63, 3.8) is 0 Å². The molecule has 66 valence electrons. The van der Waals surface area contributed by atoms with Crippen molar-refractivity contribution in [2.45, 2.75) is 0 Å². The van der Waals surface area contributed by atoms with Gasteiger partial charge in [-0.05, 0) is 18.2 Å². The Labute approximate surface area is 87.4 Å². The van der Waals surface area contributed by atoms with Gasteiger partial charge in [-0.25, -0.2) is 9.37 Å². The maximum absolute atomic E-state index is 12.9. The Morgan fingerprint density at radius 2 is 2.23 bits per heavy atom. The van der Waals surface area contributed by atoms with Crippen LogP contribution < -0.4 is 0 Å². The van der Waals surface area contributed by atoms with Crippen LogP contribution in [0.4, 0.5) is 4.39 Å². The molecule has 0 spiro atoms. The van der Waals surface area contributed by atoms with E-state index in [1.165, 1.54) is 23.5 Å². The van der Waals surface area contributed by atoms with Crippen molar-refractivity contribution in [2.75, 3.05) is 0 Å². The standard InChI is InChI=1S/C9H5BrFNS/c10-8-2-1-6(11)5-7(8)9-12-3-4-13-9/h1-5H. The number of nitrogens with zero attached hydrogens (tertiary/aromatic N) is 1. The first-order chi connectivity index (χ1) is 6.27. The van der Waals surface area contributed by atoms with Gasteiger partial charge >= 0.3 is 0 Å². The molecule has 0 bridgehead atoms. The SMILES string of the molecule is Fc1ccc(Br)c(-c2nccs2)c1. The number of hydrogen-bond acceptors (Lipinski definition) is 2. The summed E-state index contributed by atoms with van der Waals surface area (Å²) in [6.07, 6.45) is 1.71. The summed E-state index contributed by atoms with van der Waals surface area (Å²) in [5.41, 5.74) is 0.801. The van der Waals surface area contributed by atoms with Crippen LogP contribution in [0.2, 0.25) is 0 Å². The third-order valence-electron chi connectivity index (χ3n) is 1.59. The van der Waals surface area contributed by atoms with E-state index in [1.807, 2.05) is 5.38 Å². The van der Waals surface area contributed by atoms with E-state index in [2.05, 4.69) is 20.9 Å². The van der Waals surface area contributed by atoms with Gasteiger partial charge in [0.2, 0.25) is 0 Å². The molecule has 0 fully saturated rings. The van der Waals surface area contributed by atoms with E-state index < -0.39 is 0 Å². The molecule has 0 unspecified atom stereocenters. The molecule has 4 heteroatoms. The summed E-state index contributed by atoms with van der Waals surface area (Å²) >= 11 is 4.84. The van der Waals surface area contributed by atoms with E-state index in [1.54, 1.807) is 12.3 Å². The van der Waals surface area contributed by atoms with Gasteiger partial charge < -0.3 is 0 Å². The lowest BCUT2D eigenvalue weighted by Crippen LogP contribution is -1.80. The number of halogens is 2. The molecule has 0 saturated carbocycles. The van der Waals surface area contributed by atoms with Crippen molar-refractivity contribution in [3.8, 4) is 10.6 Å². The van der Waals surface area contributed by atoms with Crippen molar-refractivity contribution >= 4 is 27.3 Å². The molecule has 0 saturated heterocycles. The third kappa shape index (κ3) is 1.78. The van der Waals surface area contributed by atoms with Crippen LogP contribution in [0.15, 0.2) is 34.2 Å². The molecular formula is C9H5BrFNS. The summed E-state index contributed by atoms with van der Waals surface area (Å²) in [7, 11) is 0. The van der Waals surface area contributed by atoms with Crippen molar-refractivity contribution in [3.05, 3.63) is 40.1 Å². The molecule has 0 amide bonds. The molecule has 0 aliphatic carbocycles. The fraction of sp³-hybridized carbons (Fsp3) is 0. The van der Waals surface area contributed by atoms with Crippen molar-refractivity contribution in [1.82, 2.24) is 4.98 Å². The smallest absolute Gasteiger partial charge is 0.124 e. The van der Waals surface area contributed by atoms with Crippen LogP contribution in [0.3, 0.4) is 0 Å². The Hall–Kier alpha value is -0.740. The van der Waals surface area contributed by atoms with Gasteiger partial charge in [0.25, 0.3) is 0 Å². The van der Waals surface area contributed by atoms with E-state index in [0.717, 1.165) is 15.0 Å². The second-order valence-electron chi connectivity index (χ2n) is 2.46. The predicted octanol–water partition coefficient (Wildman–Crippen LogP) is 3.71. The summed E-state index contributed by atoms with van der Waals surface area (Å²) in [5, 5.41) is 2.69. The van der Waals surface area contributed by atoms with Gasteiger partial charge in [0, 0.05) is 21.6 Å². The number of aromatic nitrogens is 1. The lowest BCUT2D eigenvalue weighted by atomic mass is 10.2. The summed E-state index contributed by atoms with van der Waals surface area (Å²) in [6, 6.07) is 4.58. The van der Waals surface area contributed by atoms with E-state index >= 15 is 0 Å². The molecule has 0 aliphatic heterocycles. The van der Waals surface area contributed by atoms with Crippen LogP contribution in [-0.4, -0.2) is 4.98 Å². The first-order valence-electron chi connectivity index (χ1n) is 3.62. The monoisotopic (exact) mass is 257 g/mol. The van der Waals surface area contributed by atoms with E-state index in [-0.39, 0.29) is 5.82 Å². The Morgan fingerprint density at radius 3 is 2.92 bits per heavy atom. The lowest BCUT2D eigenvalue weighted by Gasteiger charge is -1.99. The average molecular weight is 258 g/mol. The highest BCUT2D eigenvalue weighted by atomic mass is 79.9. The van der Waals surface area contributed by atoms with Crippen LogP contribution in [0.25, 0.3) is 10.6 Å². The van der Waals surface area contributed by atoms with Crippen molar-refractivity contribution < 1.29 is 4.39 Å². The largest absolute Gasteiger partial charge is 0.245 e. The van der Waals surface area contributed by atoms with Crippen LogP contribution in [0.5, 0.6) is 0 Å². The quantitative estimate of drug-likeness (QED) is 0.759. The molecule has 13 heavy (non-hydrogen) atoms. The van der Waals surface area contributed by atoms with Crippen LogP contribution >= 0.6 is 27.3 Å². The topological polar surface area (TPSA) is 12.9 Å². The first-order valence-corrected chi connectivity index (χ1v) is 5.29. The molecule has 1 nitrogen and oxygen atoms in total. The minimum Gasteiger partial charge on any atom is -0.245 e. The van der Waals surface area contributed by atoms with Gasteiger partial charge in [-0.3, -0.25) is 0 Å². The molecule has 1 aromatic heterocycles. The highest BCUT2D eigenvalue weighted by molar-refractivity contribution is 9.10. The van der Waals surface area contributed by atoms with Crippen molar-refractivity contribution in [1.29, 1.82) is 0 Å². The Balaban J connectivity index is 2.57. The maximum atomic E-state index is 12.9. The second-order valence-corrected chi connectivity index (χ2v) is 4.21. The molecule has 0 atom stereocenters. The van der Waals surface area contributed by atoms with Crippen LogP contribution in [-0.2, 0) is 0 Å². The normalized spacial score (nSPS) is 10.3. The highest BCUT2D eigenvalue weighted by Gasteiger charge is 2.06. The highest BCUT2D eigenvalue weighted by Crippen LogP contribution is 2.29. The third-order valence-corrected chi connectivity index (χ3v) is 3.09. The van der Waals surface area contributed by atoms with Crippen LogP contribution in [0.1, 0.15) is 0 Å². The molecule has 1 aromatic carbocycles. The lowest BCUT2D eigenvalue weighted by molar-refractivity contribution is 0.628. The molecule has 0 radical (unpaired) electrons. The summed E-state index contributed by atoms with van der Waals surface area (Å²) < 4.78 is 13.8. The zero-order valence-corrected chi connectivity index (χ0v) is 8.90. The molecule has 0 aliphatic rings. The Morgan fingerprint density at radius 1 is 1.38 bits per heavy atom. The minimum atomic E-state index is -0.242. The van der Waals surface area contributed by atoms with Crippen LogP contribution in [0, 0.1) is 5.82 Å². The van der Waals surface area contributed by atoms with E-state index in [9.17, 15) is 4.39 Å². The first kappa shape index (κ1) is 8.84. The zero-order chi connectivity index (χ0) is 9.26. The molecule has 1 heterocycles. The van der Waals surface area contributed by atoms with Crippen molar-refractivity contribution in [2.24, 2.45) is 0 Å². The molecule has 2 rings (SSSR count). The summed E-state index contributed by atoms with van der Waals surface area (Å²) in [5.74, 6) is -0.242. The average Bonchev–Trinajstić information content (AvgIpc) is 2.61. The van der Waals surface area contributed by atoms with Gasteiger partial charge in [-0.2, -0.15) is 0 Å². The number of benzene rings is 1. The summed E-state index contributed by atoms with van der Waals surface area (Å²) in [6.45, 7) is 0. The van der Waals surface area contributed by atoms with E-state index in [4.69, 9.17) is 0 Å². The fourth-order valence-electron chi connectivity index (χ4n) is 1.02.